The van der Waals surface area contributed by atoms with Gasteiger partial charge in [-0.15, -0.1) is 0 Å². The van der Waals surface area contributed by atoms with E-state index in [0.717, 1.165) is 5.56 Å². The van der Waals surface area contributed by atoms with Crippen molar-refractivity contribution in [2.75, 3.05) is 6.61 Å². The quantitative estimate of drug-likeness (QED) is 0.428. The number of nitriles is 1. The van der Waals surface area contributed by atoms with Crippen LogP contribution in [-0.2, 0) is 5.75 Å². The molecule has 2 aromatic rings. The van der Waals surface area contributed by atoms with Gasteiger partial charge in [-0.25, -0.2) is 0 Å². The van der Waals surface area contributed by atoms with Crippen molar-refractivity contribution in [3.63, 3.8) is 0 Å². The van der Waals surface area contributed by atoms with E-state index in [-0.39, 0.29) is 24.3 Å². The fourth-order valence-corrected chi connectivity index (χ4v) is 3.82. The van der Waals surface area contributed by atoms with Crippen LogP contribution in [0.1, 0.15) is 30.9 Å². The fraction of sp³-hybridized carbons (Fsp3) is 0.286. The highest BCUT2D eigenvalue weighted by Crippen LogP contribution is 2.46. The molecule has 1 aromatic heterocycles. The Kier molecular flexibility index (Phi) is 6.22. The van der Waals surface area contributed by atoms with E-state index in [1.54, 1.807) is 6.08 Å². The zero-order valence-electron chi connectivity index (χ0n) is 15.9. The van der Waals surface area contributed by atoms with Crippen LogP contribution in [0.3, 0.4) is 0 Å². The van der Waals surface area contributed by atoms with E-state index in [0.29, 0.717) is 33.8 Å². The summed E-state index contributed by atoms with van der Waals surface area (Å²) < 4.78 is 11.5. The van der Waals surface area contributed by atoms with Gasteiger partial charge in [0.2, 0.25) is 17.6 Å². The van der Waals surface area contributed by atoms with Crippen LogP contribution in [0.15, 0.2) is 59.6 Å². The maximum Gasteiger partial charge on any atom is 0.233 e. The maximum absolute atomic E-state index is 9.57. The van der Waals surface area contributed by atoms with Crippen molar-refractivity contribution < 1.29 is 9.47 Å². The Morgan fingerprint density at radius 3 is 2.75 bits per heavy atom. The van der Waals surface area contributed by atoms with Gasteiger partial charge >= 0.3 is 0 Å². The number of hydrogen-bond acceptors (Lipinski definition) is 7. The number of thioether (sulfide) groups is 1. The molecule has 0 unspecified atom stereocenters. The first-order valence-corrected chi connectivity index (χ1v) is 9.93. The van der Waals surface area contributed by atoms with Gasteiger partial charge in [0.05, 0.1) is 11.1 Å². The molecule has 0 radical (unpaired) electrons. The highest BCUT2D eigenvalue weighted by molar-refractivity contribution is 7.98. The van der Waals surface area contributed by atoms with E-state index < -0.39 is 0 Å². The molecule has 0 bridgehead atoms. The van der Waals surface area contributed by atoms with E-state index in [9.17, 15) is 5.26 Å². The minimum atomic E-state index is -0.290. The average molecular weight is 395 g/mol. The summed E-state index contributed by atoms with van der Waals surface area (Å²) in [5.41, 5.74) is 8.20. The van der Waals surface area contributed by atoms with Crippen molar-refractivity contribution >= 4 is 11.8 Å². The molecule has 0 aliphatic carbocycles. The number of rotatable bonds is 7. The van der Waals surface area contributed by atoms with Gasteiger partial charge in [0.25, 0.3) is 0 Å². The molecule has 144 valence electrons. The normalized spacial score (nSPS) is 15.6. The van der Waals surface area contributed by atoms with Gasteiger partial charge in [-0.2, -0.15) is 15.2 Å². The molecule has 3 rings (SSSR count). The van der Waals surface area contributed by atoms with Gasteiger partial charge in [-0.1, -0.05) is 68.6 Å². The van der Waals surface area contributed by atoms with Gasteiger partial charge in [0.15, 0.2) is 5.16 Å². The zero-order chi connectivity index (χ0) is 20.1. The Morgan fingerprint density at radius 2 is 2.11 bits per heavy atom. The molecule has 0 spiro atoms. The third-order valence-electron chi connectivity index (χ3n) is 4.29. The number of ether oxygens (including phenoxy) is 2. The SMILES string of the molecule is C=CCOc1nc(SCc2ccccc2)nc2c1[C@@H](C(C)C)C(C#N)=C(N)O2. The van der Waals surface area contributed by atoms with Gasteiger partial charge in [0.1, 0.15) is 12.7 Å². The molecule has 2 heterocycles. The van der Waals surface area contributed by atoms with E-state index in [2.05, 4.69) is 22.6 Å². The zero-order valence-corrected chi connectivity index (χ0v) is 16.7. The Bertz CT molecular complexity index is 935. The second-order valence-corrected chi connectivity index (χ2v) is 7.56. The number of hydrogen-bond donors (Lipinski definition) is 1. The minimum Gasteiger partial charge on any atom is -0.473 e. The third kappa shape index (κ3) is 4.12. The van der Waals surface area contributed by atoms with Gasteiger partial charge in [0, 0.05) is 11.7 Å². The van der Waals surface area contributed by atoms with Crippen molar-refractivity contribution in [3.8, 4) is 17.8 Å². The number of aromatic nitrogens is 2. The lowest BCUT2D eigenvalue weighted by atomic mass is 9.82. The molecule has 7 heteroatoms. The van der Waals surface area contributed by atoms with Gasteiger partial charge in [-0.3, -0.25) is 0 Å². The fourth-order valence-electron chi connectivity index (χ4n) is 3.04. The number of benzene rings is 1. The number of fused-ring (bicyclic) bond motifs is 1. The smallest absolute Gasteiger partial charge is 0.233 e. The Balaban J connectivity index is 2.01. The Hall–Kier alpha value is -2.98. The van der Waals surface area contributed by atoms with Crippen molar-refractivity contribution in [3.05, 3.63) is 65.6 Å². The van der Waals surface area contributed by atoms with Crippen LogP contribution in [0.5, 0.6) is 11.8 Å². The van der Waals surface area contributed by atoms with Crippen molar-refractivity contribution in [1.82, 2.24) is 9.97 Å². The lowest BCUT2D eigenvalue weighted by Gasteiger charge is -2.29. The number of allylic oxidation sites excluding steroid dienone is 1. The topological polar surface area (TPSA) is 94.1 Å². The molecule has 1 aliphatic heterocycles. The standard InChI is InChI=1S/C21H22N4O2S/c1-4-10-26-19-17-16(13(2)3)15(11-22)18(23)27-20(17)25-21(24-19)28-12-14-8-6-5-7-9-14/h4-9,13,16H,1,10,12,23H2,2-3H3/t16-/m0/s1. The molecular weight excluding hydrogens is 372 g/mol. The lowest BCUT2D eigenvalue weighted by Crippen LogP contribution is -2.25. The molecule has 1 aromatic carbocycles. The van der Waals surface area contributed by atoms with Crippen molar-refractivity contribution in [2.45, 2.75) is 30.7 Å². The summed E-state index contributed by atoms with van der Waals surface area (Å²) in [5.74, 6) is 1.35. The lowest BCUT2D eigenvalue weighted by molar-refractivity contribution is 0.306. The molecule has 1 atom stereocenters. The third-order valence-corrected chi connectivity index (χ3v) is 5.20. The summed E-state index contributed by atoms with van der Waals surface area (Å²) in [4.78, 5) is 9.14. The summed E-state index contributed by atoms with van der Waals surface area (Å²) in [6.07, 6.45) is 1.65. The first-order chi connectivity index (χ1) is 13.5. The Morgan fingerprint density at radius 1 is 1.36 bits per heavy atom. The maximum atomic E-state index is 9.57. The monoisotopic (exact) mass is 394 g/mol. The van der Waals surface area contributed by atoms with E-state index >= 15 is 0 Å². The number of nitrogens with two attached hydrogens (primary N) is 1. The largest absolute Gasteiger partial charge is 0.473 e. The van der Waals surface area contributed by atoms with Crippen LogP contribution in [-0.4, -0.2) is 16.6 Å². The number of nitrogens with zero attached hydrogens (tertiary/aromatic N) is 3. The molecule has 0 amide bonds. The van der Waals surface area contributed by atoms with E-state index in [1.165, 1.54) is 11.8 Å². The first kappa shape index (κ1) is 19.8. The van der Waals surface area contributed by atoms with Crippen LogP contribution in [0.25, 0.3) is 0 Å². The molecule has 0 saturated carbocycles. The minimum absolute atomic E-state index is 0.0843. The van der Waals surface area contributed by atoms with Gasteiger partial charge in [-0.05, 0) is 11.5 Å². The van der Waals surface area contributed by atoms with Crippen LogP contribution >= 0.6 is 11.8 Å². The highest BCUT2D eigenvalue weighted by Gasteiger charge is 2.36. The van der Waals surface area contributed by atoms with Crippen LogP contribution in [0, 0.1) is 17.2 Å². The second kappa shape index (κ2) is 8.81. The van der Waals surface area contributed by atoms with Crippen LogP contribution < -0.4 is 15.2 Å². The average Bonchev–Trinajstić information content (AvgIpc) is 2.69. The predicted octanol–water partition coefficient (Wildman–Crippen LogP) is 4.16. The summed E-state index contributed by atoms with van der Waals surface area (Å²) in [5, 5.41) is 10.1. The van der Waals surface area contributed by atoms with Gasteiger partial charge < -0.3 is 15.2 Å². The van der Waals surface area contributed by atoms with E-state index in [1.807, 2.05) is 44.2 Å². The predicted molar refractivity (Wildman–Crippen MR) is 109 cm³/mol. The highest BCUT2D eigenvalue weighted by atomic mass is 32.2. The van der Waals surface area contributed by atoms with Crippen molar-refractivity contribution in [2.24, 2.45) is 11.7 Å². The molecule has 2 N–H and O–H groups in total. The molecule has 0 fully saturated rings. The molecule has 6 nitrogen and oxygen atoms in total. The van der Waals surface area contributed by atoms with Crippen molar-refractivity contribution in [1.29, 1.82) is 5.26 Å². The molecule has 0 saturated heterocycles. The first-order valence-electron chi connectivity index (χ1n) is 8.95. The summed E-state index contributed by atoms with van der Waals surface area (Å²) in [7, 11) is 0. The Labute approximate surface area is 169 Å². The second-order valence-electron chi connectivity index (χ2n) is 6.62. The summed E-state index contributed by atoms with van der Waals surface area (Å²) in [6, 6.07) is 12.2. The van der Waals surface area contributed by atoms with Crippen LogP contribution in [0.2, 0.25) is 0 Å². The summed E-state index contributed by atoms with van der Waals surface area (Å²) in [6.45, 7) is 8.01. The molecule has 1 aliphatic rings. The molecular formula is C21H22N4O2S. The van der Waals surface area contributed by atoms with Crippen LogP contribution in [0.4, 0.5) is 0 Å². The molecule has 28 heavy (non-hydrogen) atoms. The summed E-state index contributed by atoms with van der Waals surface area (Å²) >= 11 is 1.48. The van der Waals surface area contributed by atoms with E-state index in [4.69, 9.17) is 15.2 Å².